The Balaban J connectivity index is 2.15. The standard InChI is InChI=1S/C15H12Cl2N2O/c1-20-15-6-10(2-3-11(15)8-18)9-19-14-7-12(16)4-5-13(14)17/h2-7,19H,9H2,1H3. The van der Waals surface area contributed by atoms with Crippen molar-refractivity contribution < 1.29 is 4.74 Å². The van der Waals surface area contributed by atoms with E-state index in [0.717, 1.165) is 11.3 Å². The van der Waals surface area contributed by atoms with Crippen LogP contribution >= 0.6 is 23.2 Å². The number of rotatable bonds is 4. The van der Waals surface area contributed by atoms with Gasteiger partial charge in [-0.3, -0.25) is 0 Å². The highest BCUT2D eigenvalue weighted by Gasteiger charge is 2.05. The van der Waals surface area contributed by atoms with Crippen LogP contribution in [-0.2, 0) is 6.54 Å². The molecule has 5 heteroatoms. The van der Waals surface area contributed by atoms with Crippen LogP contribution in [0.25, 0.3) is 0 Å². The molecule has 0 saturated heterocycles. The van der Waals surface area contributed by atoms with Gasteiger partial charge in [0.2, 0.25) is 0 Å². The quantitative estimate of drug-likeness (QED) is 0.905. The Hall–Kier alpha value is -1.89. The van der Waals surface area contributed by atoms with Gasteiger partial charge in [0.05, 0.1) is 23.4 Å². The van der Waals surface area contributed by atoms with Crippen molar-refractivity contribution in [3.8, 4) is 11.8 Å². The van der Waals surface area contributed by atoms with Crippen molar-refractivity contribution in [1.29, 1.82) is 5.26 Å². The second kappa shape index (κ2) is 6.51. The summed E-state index contributed by atoms with van der Waals surface area (Å²) in [5.74, 6) is 0.559. The summed E-state index contributed by atoms with van der Waals surface area (Å²) < 4.78 is 5.17. The average molecular weight is 307 g/mol. The number of hydrogen-bond acceptors (Lipinski definition) is 3. The largest absolute Gasteiger partial charge is 0.495 e. The van der Waals surface area contributed by atoms with Crippen molar-refractivity contribution in [3.63, 3.8) is 0 Å². The van der Waals surface area contributed by atoms with E-state index in [4.69, 9.17) is 33.2 Å². The second-order valence-corrected chi connectivity index (χ2v) is 4.97. The molecule has 2 rings (SSSR count). The van der Waals surface area contributed by atoms with Gasteiger partial charge in [-0.15, -0.1) is 0 Å². The average Bonchev–Trinajstić information content (AvgIpc) is 2.47. The fourth-order valence-electron chi connectivity index (χ4n) is 1.77. The molecule has 3 nitrogen and oxygen atoms in total. The molecule has 0 heterocycles. The second-order valence-electron chi connectivity index (χ2n) is 4.12. The van der Waals surface area contributed by atoms with E-state index < -0.39 is 0 Å². The number of methoxy groups -OCH3 is 1. The highest BCUT2D eigenvalue weighted by molar-refractivity contribution is 6.35. The van der Waals surface area contributed by atoms with E-state index in [0.29, 0.717) is 27.9 Å². The van der Waals surface area contributed by atoms with E-state index in [1.165, 1.54) is 0 Å². The summed E-state index contributed by atoms with van der Waals surface area (Å²) in [7, 11) is 1.54. The van der Waals surface area contributed by atoms with Crippen LogP contribution in [0.4, 0.5) is 5.69 Å². The van der Waals surface area contributed by atoms with Crippen LogP contribution < -0.4 is 10.1 Å². The fourth-order valence-corrected chi connectivity index (χ4v) is 2.12. The molecule has 0 aliphatic carbocycles. The SMILES string of the molecule is COc1cc(CNc2cc(Cl)ccc2Cl)ccc1C#N. The van der Waals surface area contributed by atoms with E-state index >= 15 is 0 Å². The van der Waals surface area contributed by atoms with Gasteiger partial charge in [0.15, 0.2) is 0 Å². The molecule has 0 spiro atoms. The molecule has 20 heavy (non-hydrogen) atoms. The maximum Gasteiger partial charge on any atom is 0.136 e. The Labute approximate surface area is 127 Å². The summed E-state index contributed by atoms with van der Waals surface area (Å²) in [6, 6.07) is 12.7. The van der Waals surface area contributed by atoms with E-state index in [-0.39, 0.29) is 0 Å². The van der Waals surface area contributed by atoms with E-state index in [1.807, 2.05) is 12.1 Å². The Kier molecular flexibility index (Phi) is 4.73. The molecular formula is C15H12Cl2N2O. The Morgan fingerprint density at radius 1 is 1.20 bits per heavy atom. The van der Waals surface area contributed by atoms with Gasteiger partial charge in [-0.25, -0.2) is 0 Å². The van der Waals surface area contributed by atoms with Gasteiger partial charge in [0, 0.05) is 11.6 Å². The zero-order valence-electron chi connectivity index (χ0n) is 10.8. The van der Waals surface area contributed by atoms with Crippen molar-refractivity contribution in [2.24, 2.45) is 0 Å². The monoisotopic (exact) mass is 306 g/mol. The Bertz CT molecular complexity index is 665. The Morgan fingerprint density at radius 2 is 2.00 bits per heavy atom. The van der Waals surface area contributed by atoms with Gasteiger partial charge in [-0.2, -0.15) is 5.26 Å². The number of nitrogens with zero attached hydrogens (tertiary/aromatic N) is 1. The van der Waals surface area contributed by atoms with Crippen molar-refractivity contribution in [3.05, 3.63) is 57.6 Å². The minimum absolute atomic E-state index is 0.511. The first-order valence-corrected chi connectivity index (χ1v) is 6.65. The molecule has 1 N–H and O–H groups in total. The Morgan fingerprint density at radius 3 is 2.70 bits per heavy atom. The van der Waals surface area contributed by atoms with Gasteiger partial charge in [0.25, 0.3) is 0 Å². The number of anilines is 1. The lowest BCUT2D eigenvalue weighted by Crippen LogP contribution is -2.01. The minimum atomic E-state index is 0.511. The molecule has 2 aromatic carbocycles. The van der Waals surface area contributed by atoms with E-state index in [9.17, 15) is 0 Å². The molecule has 0 aliphatic rings. The zero-order chi connectivity index (χ0) is 14.5. The van der Waals surface area contributed by atoms with Gasteiger partial charge >= 0.3 is 0 Å². The van der Waals surface area contributed by atoms with Crippen LogP contribution in [0.3, 0.4) is 0 Å². The first kappa shape index (κ1) is 14.5. The number of nitrogens with one attached hydrogen (secondary N) is 1. The molecule has 0 amide bonds. The van der Waals surface area contributed by atoms with Gasteiger partial charge in [-0.05, 0) is 35.9 Å². The third-order valence-electron chi connectivity index (χ3n) is 2.80. The highest BCUT2D eigenvalue weighted by Crippen LogP contribution is 2.26. The van der Waals surface area contributed by atoms with Crippen molar-refractivity contribution in [2.75, 3.05) is 12.4 Å². The van der Waals surface area contributed by atoms with Crippen molar-refractivity contribution >= 4 is 28.9 Å². The van der Waals surface area contributed by atoms with Gasteiger partial charge in [-0.1, -0.05) is 29.3 Å². The number of ether oxygens (including phenoxy) is 1. The molecule has 0 fully saturated rings. The lowest BCUT2D eigenvalue weighted by atomic mass is 10.1. The van der Waals surface area contributed by atoms with Crippen LogP contribution in [0.2, 0.25) is 10.0 Å². The van der Waals surface area contributed by atoms with E-state index in [2.05, 4.69) is 11.4 Å². The topological polar surface area (TPSA) is 45.0 Å². The van der Waals surface area contributed by atoms with E-state index in [1.54, 1.807) is 31.4 Å². The molecule has 0 saturated carbocycles. The summed E-state index contributed by atoms with van der Waals surface area (Å²) in [6.07, 6.45) is 0. The molecular weight excluding hydrogens is 295 g/mol. The molecule has 2 aromatic rings. The zero-order valence-corrected chi connectivity index (χ0v) is 12.3. The molecule has 0 aromatic heterocycles. The fraction of sp³-hybridized carbons (Fsp3) is 0.133. The lowest BCUT2D eigenvalue weighted by Gasteiger charge is -2.10. The van der Waals surface area contributed by atoms with Gasteiger partial charge < -0.3 is 10.1 Å². The molecule has 0 bridgehead atoms. The third kappa shape index (κ3) is 3.36. The molecule has 0 unspecified atom stereocenters. The lowest BCUT2D eigenvalue weighted by molar-refractivity contribution is 0.413. The smallest absolute Gasteiger partial charge is 0.136 e. The molecule has 102 valence electrons. The highest BCUT2D eigenvalue weighted by atomic mass is 35.5. The molecule has 0 radical (unpaired) electrons. The number of halogens is 2. The van der Waals surface area contributed by atoms with Crippen molar-refractivity contribution in [1.82, 2.24) is 0 Å². The number of benzene rings is 2. The maximum absolute atomic E-state index is 8.94. The molecule has 0 atom stereocenters. The first-order chi connectivity index (χ1) is 9.63. The number of nitriles is 1. The number of hydrogen-bond donors (Lipinski definition) is 1. The summed E-state index contributed by atoms with van der Waals surface area (Å²) in [4.78, 5) is 0. The summed E-state index contributed by atoms with van der Waals surface area (Å²) in [5, 5.41) is 13.4. The maximum atomic E-state index is 8.94. The van der Waals surface area contributed by atoms with Crippen LogP contribution in [0.15, 0.2) is 36.4 Å². The van der Waals surface area contributed by atoms with Crippen LogP contribution in [0.5, 0.6) is 5.75 Å². The normalized spacial score (nSPS) is 9.90. The van der Waals surface area contributed by atoms with Gasteiger partial charge in [0.1, 0.15) is 11.8 Å². The summed E-state index contributed by atoms with van der Waals surface area (Å²) in [5.41, 5.74) is 2.26. The predicted molar refractivity (Wildman–Crippen MR) is 81.5 cm³/mol. The van der Waals surface area contributed by atoms with Crippen LogP contribution in [0.1, 0.15) is 11.1 Å². The summed E-state index contributed by atoms with van der Waals surface area (Å²) in [6.45, 7) is 0.558. The third-order valence-corrected chi connectivity index (χ3v) is 3.36. The predicted octanol–water partition coefficient (Wildman–Crippen LogP) is 4.49. The summed E-state index contributed by atoms with van der Waals surface area (Å²) >= 11 is 12.0. The van der Waals surface area contributed by atoms with Crippen LogP contribution in [0, 0.1) is 11.3 Å². The van der Waals surface area contributed by atoms with Crippen LogP contribution in [-0.4, -0.2) is 7.11 Å². The minimum Gasteiger partial charge on any atom is -0.495 e. The molecule has 0 aliphatic heterocycles. The van der Waals surface area contributed by atoms with Crippen molar-refractivity contribution in [2.45, 2.75) is 6.54 Å². The first-order valence-electron chi connectivity index (χ1n) is 5.90.